The summed E-state index contributed by atoms with van der Waals surface area (Å²) in [5.74, 6) is 0.807. The number of phenolic OH excluding ortho intramolecular Hbond substituents is 1. The van der Waals surface area contributed by atoms with Gasteiger partial charge >= 0.3 is 0 Å². The van der Waals surface area contributed by atoms with Crippen molar-refractivity contribution in [3.8, 4) is 5.75 Å². The molecule has 0 radical (unpaired) electrons. The van der Waals surface area contributed by atoms with E-state index in [4.69, 9.17) is 14.2 Å². The van der Waals surface area contributed by atoms with Gasteiger partial charge in [0.15, 0.2) is 6.29 Å². The van der Waals surface area contributed by atoms with E-state index in [1.807, 2.05) is 12.1 Å². The third-order valence-electron chi connectivity index (χ3n) is 8.61. The quantitative estimate of drug-likeness (QED) is 0.468. The van der Waals surface area contributed by atoms with Crippen LogP contribution in [0, 0.1) is 5.92 Å². The van der Waals surface area contributed by atoms with Gasteiger partial charge in [0.1, 0.15) is 11.4 Å². The fourth-order valence-electron chi connectivity index (χ4n) is 6.83. The first-order chi connectivity index (χ1) is 17.6. The van der Waals surface area contributed by atoms with E-state index in [-0.39, 0.29) is 17.8 Å². The first-order valence-electron chi connectivity index (χ1n) is 13.1. The summed E-state index contributed by atoms with van der Waals surface area (Å²) >= 11 is 0. The summed E-state index contributed by atoms with van der Waals surface area (Å²) in [4.78, 5) is 2.46. The molecule has 188 valence electrons. The summed E-state index contributed by atoms with van der Waals surface area (Å²) in [5.41, 5.74) is 7.17. The Morgan fingerprint density at radius 1 is 0.944 bits per heavy atom. The number of anilines is 1. The molecule has 1 fully saturated rings. The molecule has 1 N–H and O–H groups in total. The zero-order valence-corrected chi connectivity index (χ0v) is 21.2. The van der Waals surface area contributed by atoms with Crippen LogP contribution in [-0.4, -0.2) is 38.7 Å². The van der Waals surface area contributed by atoms with Gasteiger partial charge in [-0.25, -0.2) is 0 Å². The van der Waals surface area contributed by atoms with E-state index in [2.05, 4.69) is 59.5 Å². The molecule has 0 bridgehead atoms. The molecule has 6 rings (SSSR count). The van der Waals surface area contributed by atoms with Crippen molar-refractivity contribution in [2.24, 2.45) is 5.92 Å². The zero-order chi connectivity index (χ0) is 24.7. The van der Waals surface area contributed by atoms with Crippen molar-refractivity contribution in [1.82, 2.24) is 0 Å². The van der Waals surface area contributed by atoms with Crippen LogP contribution in [-0.2, 0) is 32.8 Å². The number of aryl methyl sites for hydroxylation is 1. The Morgan fingerprint density at radius 3 is 2.44 bits per heavy atom. The third-order valence-corrected chi connectivity index (χ3v) is 8.61. The molecule has 0 amide bonds. The van der Waals surface area contributed by atoms with Crippen LogP contribution >= 0.6 is 0 Å². The number of phenols is 1. The highest BCUT2D eigenvalue weighted by Crippen LogP contribution is 2.55. The second-order valence-corrected chi connectivity index (χ2v) is 10.4. The highest BCUT2D eigenvalue weighted by Gasteiger charge is 2.50. The first-order valence-corrected chi connectivity index (χ1v) is 13.1. The van der Waals surface area contributed by atoms with Crippen LogP contribution in [0.1, 0.15) is 53.0 Å². The topological polar surface area (TPSA) is 51.2 Å². The van der Waals surface area contributed by atoms with E-state index in [1.165, 1.54) is 27.9 Å². The second kappa shape index (κ2) is 9.55. The highest BCUT2D eigenvalue weighted by atomic mass is 16.7. The monoisotopic (exact) mass is 485 g/mol. The summed E-state index contributed by atoms with van der Waals surface area (Å²) in [7, 11) is 3.45. The summed E-state index contributed by atoms with van der Waals surface area (Å²) in [6.07, 6.45) is 3.98. The number of nitrogens with zero attached hydrogens (tertiary/aromatic N) is 1. The van der Waals surface area contributed by atoms with Crippen LogP contribution in [0.25, 0.3) is 0 Å². The van der Waals surface area contributed by atoms with E-state index < -0.39 is 0 Å². The van der Waals surface area contributed by atoms with Gasteiger partial charge in [-0.05, 0) is 77.8 Å². The Labute approximate surface area is 213 Å². The molecule has 1 spiro atoms. The molecule has 0 aromatic heterocycles. The van der Waals surface area contributed by atoms with Crippen LogP contribution in [0.3, 0.4) is 0 Å². The Morgan fingerprint density at radius 2 is 1.69 bits per heavy atom. The maximum Gasteiger partial charge on any atom is 0.159 e. The molecule has 2 atom stereocenters. The van der Waals surface area contributed by atoms with E-state index in [1.54, 1.807) is 14.2 Å². The highest BCUT2D eigenvalue weighted by molar-refractivity contribution is 5.54. The molecule has 3 aromatic rings. The van der Waals surface area contributed by atoms with Crippen molar-refractivity contribution in [3.63, 3.8) is 0 Å². The van der Waals surface area contributed by atoms with Crippen LogP contribution < -0.4 is 4.90 Å². The molecular formula is C31H35NO4. The first kappa shape index (κ1) is 23.5. The molecule has 2 heterocycles. The number of piperidine rings is 1. The molecule has 0 unspecified atom stereocenters. The average Bonchev–Trinajstić information content (AvgIpc) is 3.29. The van der Waals surface area contributed by atoms with Crippen LogP contribution in [0.2, 0.25) is 0 Å². The molecule has 3 aliphatic rings. The SMILES string of the molecule is COC(OC)C1CCN(c2ccc([C@@H]3c4ccc(O)cc4CO[C@@]34CCc3ccccc34)cc2)CC1. The van der Waals surface area contributed by atoms with Gasteiger partial charge in [0.25, 0.3) is 0 Å². The van der Waals surface area contributed by atoms with Gasteiger partial charge in [0.2, 0.25) is 0 Å². The number of aromatic hydroxyl groups is 1. The van der Waals surface area contributed by atoms with Gasteiger partial charge in [-0.3, -0.25) is 0 Å². The normalized spacial score (nSPS) is 23.8. The number of hydrogen-bond acceptors (Lipinski definition) is 5. The fourth-order valence-corrected chi connectivity index (χ4v) is 6.83. The maximum absolute atomic E-state index is 10.1. The predicted octanol–water partition coefficient (Wildman–Crippen LogP) is 5.73. The number of rotatable bonds is 5. The fraction of sp³-hybridized carbons (Fsp3) is 0.419. The number of hydrogen-bond donors (Lipinski definition) is 1. The molecule has 2 aliphatic heterocycles. The molecule has 1 saturated heterocycles. The lowest BCUT2D eigenvalue weighted by Crippen LogP contribution is -2.39. The third kappa shape index (κ3) is 3.90. The lowest BCUT2D eigenvalue weighted by Gasteiger charge is -2.44. The lowest BCUT2D eigenvalue weighted by atomic mass is 9.71. The minimum absolute atomic E-state index is 0.0782. The van der Waals surface area contributed by atoms with Crippen LogP contribution in [0.4, 0.5) is 5.69 Å². The van der Waals surface area contributed by atoms with Crippen molar-refractivity contribution in [2.75, 3.05) is 32.2 Å². The van der Waals surface area contributed by atoms with Gasteiger partial charge in [0.05, 0.1) is 6.61 Å². The lowest BCUT2D eigenvalue weighted by molar-refractivity contribution is -0.141. The minimum Gasteiger partial charge on any atom is -0.508 e. The maximum atomic E-state index is 10.1. The summed E-state index contributed by atoms with van der Waals surface area (Å²) in [6.45, 7) is 2.52. The Bertz CT molecular complexity index is 1210. The summed E-state index contributed by atoms with van der Waals surface area (Å²) in [6, 6.07) is 23.6. The molecule has 5 heteroatoms. The molecule has 0 saturated carbocycles. The largest absolute Gasteiger partial charge is 0.508 e. The molecule has 1 aliphatic carbocycles. The summed E-state index contributed by atoms with van der Waals surface area (Å²) < 4.78 is 17.8. The predicted molar refractivity (Wildman–Crippen MR) is 140 cm³/mol. The number of fused-ring (bicyclic) bond motifs is 3. The Kier molecular flexibility index (Phi) is 6.24. The molecule has 3 aromatic carbocycles. The molecule has 5 nitrogen and oxygen atoms in total. The van der Waals surface area contributed by atoms with Crippen LogP contribution in [0.5, 0.6) is 5.75 Å². The number of benzene rings is 3. The molecule has 36 heavy (non-hydrogen) atoms. The number of ether oxygens (including phenoxy) is 3. The second-order valence-electron chi connectivity index (χ2n) is 10.4. The summed E-state index contributed by atoms with van der Waals surface area (Å²) in [5, 5.41) is 10.1. The van der Waals surface area contributed by atoms with E-state index in [0.717, 1.165) is 44.3 Å². The minimum atomic E-state index is -0.379. The van der Waals surface area contributed by atoms with Crippen molar-refractivity contribution < 1.29 is 19.3 Å². The Balaban J connectivity index is 1.32. The van der Waals surface area contributed by atoms with Gasteiger partial charge in [-0.15, -0.1) is 0 Å². The van der Waals surface area contributed by atoms with Gasteiger partial charge < -0.3 is 24.2 Å². The van der Waals surface area contributed by atoms with Gasteiger partial charge in [-0.2, -0.15) is 0 Å². The van der Waals surface area contributed by atoms with Crippen molar-refractivity contribution in [1.29, 1.82) is 0 Å². The molecular weight excluding hydrogens is 450 g/mol. The standard InChI is InChI=1S/C31H35NO4/c1-34-30(35-2)23-14-17-32(18-15-23)25-9-7-22(8-10-25)29-27-12-11-26(33)19-24(27)20-36-31(29)16-13-21-5-3-4-6-28(21)31/h3-12,19,23,29-30,33H,13-18,20H2,1-2H3/t29-,31-/m1/s1. The van der Waals surface area contributed by atoms with Crippen molar-refractivity contribution in [2.45, 2.75) is 50.1 Å². The Hall–Kier alpha value is -2.86. The van der Waals surface area contributed by atoms with Gasteiger partial charge in [0, 0.05) is 44.8 Å². The van der Waals surface area contributed by atoms with E-state index in [0.29, 0.717) is 18.3 Å². The van der Waals surface area contributed by atoms with Crippen LogP contribution in [0.15, 0.2) is 66.7 Å². The smallest absolute Gasteiger partial charge is 0.159 e. The number of methoxy groups -OCH3 is 2. The van der Waals surface area contributed by atoms with Crippen molar-refractivity contribution >= 4 is 5.69 Å². The zero-order valence-electron chi connectivity index (χ0n) is 21.2. The van der Waals surface area contributed by atoms with Crippen molar-refractivity contribution in [3.05, 3.63) is 94.5 Å². The van der Waals surface area contributed by atoms with E-state index >= 15 is 0 Å². The van der Waals surface area contributed by atoms with Gasteiger partial charge in [-0.1, -0.05) is 42.5 Å². The van der Waals surface area contributed by atoms with E-state index in [9.17, 15) is 5.11 Å². The average molecular weight is 486 g/mol.